The van der Waals surface area contributed by atoms with Crippen LogP contribution >= 0.6 is 23.8 Å². The second-order valence-corrected chi connectivity index (χ2v) is 9.02. The summed E-state index contributed by atoms with van der Waals surface area (Å²) in [6.45, 7) is 4.77. The number of nitrogens with one attached hydrogen (secondary N) is 1. The van der Waals surface area contributed by atoms with E-state index in [1.54, 1.807) is 18.1 Å². The molecule has 2 unspecified atom stereocenters. The summed E-state index contributed by atoms with van der Waals surface area (Å²) in [5.41, 5.74) is 0.278. The average molecular weight is 449 g/mol. The van der Waals surface area contributed by atoms with Crippen molar-refractivity contribution in [1.82, 2.24) is 20.1 Å². The van der Waals surface area contributed by atoms with Gasteiger partial charge in [0.25, 0.3) is 0 Å². The van der Waals surface area contributed by atoms with Crippen molar-refractivity contribution >= 4 is 40.8 Å². The molecule has 0 radical (unpaired) electrons. The largest absolute Gasteiger partial charge is 1.00 e. The minimum absolute atomic E-state index is 0. The molecule has 2 atom stereocenters. The van der Waals surface area contributed by atoms with Crippen molar-refractivity contribution in [2.24, 2.45) is 11.3 Å². The maximum Gasteiger partial charge on any atom is 1.00 e. The number of aromatic nitrogens is 3. The van der Waals surface area contributed by atoms with Gasteiger partial charge in [-0.3, -0.25) is 4.68 Å². The van der Waals surface area contributed by atoms with Gasteiger partial charge >= 0.3 is 29.6 Å². The number of thiocarbonyl (C=S) groups is 1. The predicted molar refractivity (Wildman–Crippen MR) is 116 cm³/mol. The van der Waals surface area contributed by atoms with Crippen molar-refractivity contribution in [3.8, 4) is 0 Å². The molecular formula is C19H26ClN4NaOS2. The quantitative estimate of drug-likeness (QED) is 0.400. The van der Waals surface area contributed by atoms with Crippen molar-refractivity contribution in [3.05, 3.63) is 47.5 Å². The van der Waals surface area contributed by atoms with Crippen LogP contribution < -0.4 is 34.9 Å². The van der Waals surface area contributed by atoms with Crippen LogP contribution in [0.25, 0.3) is 0 Å². The Morgan fingerprint density at radius 2 is 2.00 bits per heavy atom. The second kappa shape index (κ2) is 11.2. The summed E-state index contributed by atoms with van der Waals surface area (Å²) in [5.74, 6) is 0.202. The van der Waals surface area contributed by atoms with Crippen molar-refractivity contribution in [1.29, 1.82) is 0 Å². The minimum atomic E-state index is -0.791. The third kappa shape index (κ3) is 6.62. The average Bonchev–Trinajstić information content (AvgIpc) is 3.19. The first-order chi connectivity index (χ1) is 12.7. The molecule has 28 heavy (non-hydrogen) atoms. The molecule has 3 rings (SSSR count). The van der Waals surface area contributed by atoms with Gasteiger partial charge in [-0.05, 0) is 48.3 Å². The number of nitrogens with zero attached hydrogens (tertiary/aromatic N) is 3. The molecule has 0 spiro atoms. The van der Waals surface area contributed by atoms with E-state index in [9.17, 15) is 5.11 Å². The van der Waals surface area contributed by atoms with Crippen LogP contribution in [0.3, 0.4) is 0 Å². The summed E-state index contributed by atoms with van der Waals surface area (Å²) in [7, 11) is 1.70. The summed E-state index contributed by atoms with van der Waals surface area (Å²) in [5, 5.41) is 18.9. The van der Waals surface area contributed by atoms with Gasteiger partial charge in [0, 0.05) is 12.1 Å². The molecule has 0 bridgehead atoms. The number of hydrogen-bond acceptors (Lipinski definition) is 5. The van der Waals surface area contributed by atoms with Gasteiger partial charge in [0.15, 0.2) is 0 Å². The molecule has 1 aromatic carbocycles. The predicted octanol–water partition coefficient (Wildman–Crippen LogP) is 0.383. The van der Waals surface area contributed by atoms with Gasteiger partial charge in [-0.1, -0.05) is 41.9 Å². The Labute approximate surface area is 205 Å². The fourth-order valence-electron chi connectivity index (χ4n) is 3.62. The van der Waals surface area contributed by atoms with E-state index in [0.717, 1.165) is 24.3 Å². The van der Waals surface area contributed by atoms with Crippen molar-refractivity contribution in [2.45, 2.75) is 45.3 Å². The molecule has 148 valence electrons. The van der Waals surface area contributed by atoms with E-state index in [2.05, 4.69) is 54.1 Å². The molecular weight excluding hydrogens is 423 g/mol. The van der Waals surface area contributed by atoms with Crippen LogP contribution in [0.1, 0.15) is 32.3 Å². The summed E-state index contributed by atoms with van der Waals surface area (Å²) >= 11 is 14.8. The molecule has 0 saturated heterocycles. The van der Waals surface area contributed by atoms with Gasteiger partial charge in [0.2, 0.25) is 0 Å². The topological polar surface area (TPSA) is 63.0 Å². The van der Waals surface area contributed by atoms with Gasteiger partial charge in [-0.15, -0.1) is 0 Å². The first kappa shape index (κ1) is 25.8. The van der Waals surface area contributed by atoms with Gasteiger partial charge in [-0.25, -0.2) is 4.98 Å². The standard InChI is InChI=1S/C17H22ClN3O.C2H5NS2.Na/c1-16(2)8-7-14(9-13-3-5-15(18)6-4-13)17(16,22)10-21-12-19-11-20-21;1-3-2(4)5;/h3-6,11-12,14,22H,7-10H2,1-2H3;1H3,(H2,3,4,5);/q;;+1/p-1. The smallest absolute Gasteiger partial charge is 0.412 e. The summed E-state index contributed by atoms with van der Waals surface area (Å²) in [6, 6.07) is 7.91. The maximum atomic E-state index is 11.5. The number of rotatable bonds is 4. The Kier molecular flexibility index (Phi) is 10.3. The van der Waals surface area contributed by atoms with E-state index in [-0.39, 0.29) is 40.9 Å². The molecule has 0 amide bonds. The maximum absolute atomic E-state index is 11.5. The summed E-state index contributed by atoms with van der Waals surface area (Å²) < 4.78 is 2.16. The molecule has 1 aliphatic rings. The zero-order valence-corrected chi connectivity index (χ0v) is 21.2. The van der Waals surface area contributed by atoms with E-state index in [4.69, 9.17) is 11.6 Å². The van der Waals surface area contributed by atoms with E-state index >= 15 is 0 Å². The van der Waals surface area contributed by atoms with E-state index in [1.165, 1.54) is 11.9 Å². The Morgan fingerprint density at radius 1 is 1.39 bits per heavy atom. The second-order valence-electron chi connectivity index (χ2n) is 7.50. The SMILES string of the molecule is CC1(C)CCC(Cc2ccc(Cl)cc2)C1(O)Cn1cncn1.CNC(=S)[S-].[Na+]. The van der Waals surface area contributed by atoms with Crippen LogP contribution in [0.15, 0.2) is 36.9 Å². The Morgan fingerprint density at radius 3 is 2.50 bits per heavy atom. The van der Waals surface area contributed by atoms with Crippen LogP contribution in [-0.2, 0) is 25.6 Å². The zero-order valence-electron chi connectivity index (χ0n) is 16.9. The number of halogens is 1. The molecule has 9 heteroatoms. The first-order valence-corrected chi connectivity index (χ1v) is 10.1. The van der Waals surface area contributed by atoms with Crippen LogP contribution in [0, 0.1) is 11.3 Å². The van der Waals surface area contributed by atoms with Crippen LogP contribution in [0.4, 0.5) is 0 Å². The van der Waals surface area contributed by atoms with E-state index in [1.807, 2.05) is 24.3 Å². The van der Waals surface area contributed by atoms with Crippen LogP contribution in [0.2, 0.25) is 5.02 Å². The first-order valence-electron chi connectivity index (χ1n) is 8.86. The molecule has 2 N–H and O–H groups in total. The van der Waals surface area contributed by atoms with Crippen LogP contribution in [0.5, 0.6) is 0 Å². The number of hydrogen-bond donors (Lipinski definition) is 2. The van der Waals surface area contributed by atoms with Crippen molar-refractivity contribution in [3.63, 3.8) is 0 Å². The van der Waals surface area contributed by atoms with Crippen molar-refractivity contribution < 1.29 is 34.7 Å². The van der Waals surface area contributed by atoms with E-state index < -0.39 is 5.60 Å². The Hall–Kier alpha value is -0.280. The van der Waals surface area contributed by atoms with Gasteiger partial charge < -0.3 is 35.3 Å². The van der Waals surface area contributed by atoms with Crippen molar-refractivity contribution in [2.75, 3.05) is 7.05 Å². The Bertz CT molecular complexity index is 743. The van der Waals surface area contributed by atoms with Gasteiger partial charge in [0.05, 0.1) is 12.1 Å². The normalized spacial score (nSPS) is 22.5. The molecule has 1 fully saturated rings. The summed E-state index contributed by atoms with van der Waals surface area (Å²) in [4.78, 5) is 3.99. The fourth-order valence-corrected chi connectivity index (χ4v) is 3.75. The number of benzene rings is 1. The number of aliphatic hydroxyl groups is 1. The molecule has 1 aliphatic carbocycles. The summed E-state index contributed by atoms with van der Waals surface area (Å²) in [6.07, 6.45) is 6.06. The van der Waals surface area contributed by atoms with E-state index in [0.29, 0.717) is 10.9 Å². The monoisotopic (exact) mass is 448 g/mol. The molecule has 1 saturated carbocycles. The third-order valence-electron chi connectivity index (χ3n) is 5.43. The fraction of sp³-hybridized carbons (Fsp3) is 0.526. The Balaban J connectivity index is 0.000000584. The molecule has 5 nitrogen and oxygen atoms in total. The van der Waals surface area contributed by atoms with Gasteiger partial charge in [-0.2, -0.15) is 5.10 Å². The zero-order chi connectivity index (χ0) is 20.1. The molecule has 2 aromatic rings. The molecule has 1 heterocycles. The molecule has 0 aliphatic heterocycles. The van der Waals surface area contributed by atoms with Gasteiger partial charge in [0.1, 0.15) is 12.7 Å². The van der Waals surface area contributed by atoms with Crippen LogP contribution in [-0.4, -0.2) is 36.8 Å². The minimum Gasteiger partial charge on any atom is -0.412 e. The molecule has 1 aromatic heterocycles. The third-order valence-corrected chi connectivity index (χ3v) is 6.09.